The van der Waals surface area contributed by atoms with Crippen molar-refractivity contribution in [1.82, 2.24) is 0 Å². The minimum Gasteiger partial charge on any atom is -0.200 e. The first-order valence-corrected chi connectivity index (χ1v) is 9.27. The maximum Gasteiger partial charge on any atom is 1.00 e. The van der Waals surface area contributed by atoms with E-state index in [4.69, 9.17) is 0 Å². The smallest absolute Gasteiger partial charge is 0.200 e. The molecular formula is C25H22BLi. The van der Waals surface area contributed by atoms with Crippen LogP contribution >= 0.6 is 0 Å². The molecule has 126 valence electrons. The fourth-order valence-electron chi connectivity index (χ4n) is 4.24. The van der Waals surface area contributed by atoms with Gasteiger partial charge < -0.3 is 0 Å². The van der Waals surface area contributed by atoms with Crippen LogP contribution in [0.5, 0.6) is 0 Å². The van der Waals surface area contributed by atoms with Crippen LogP contribution < -0.4 is 35.2 Å². The third-order valence-electron chi connectivity index (χ3n) is 5.49. The van der Waals surface area contributed by atoms with E-state index in [2.05, 4.69) is 121 Å². The maximum absolute atomic E-state index is 2.28. The van der Waals surface area contributed by atoms with E-state index in [1.54, 1.807) is 0 Å². The van der Waals surface area contributed by atoms with Gasteiger partial charge in [-0.15, -0.1) is 6.32 Å². The van der Waals surface area contributed by atoms with Gasteiger partial charge in [0.15, 0.2) is 0 Å². The maximum atomic E-state index is 2.28. The third-order valence-corrected chi connectivity index (χ3v) is 5.49. The SMILES string of the molecule is [Li+].c1ccc(C[B-](c2ccccc2)(c2ccccc2)c2ccccc2)cc1. The number of hydrogen-bond donors (Lipinski definition) is 0. The Kier molecular flexibility index (Phi) is 6.41. The fraction of sp³-hybridized carbons (Fsp3) is 0.0400. The predicted octanol–water partition coefficient (Wildman–Crippen LogP) is 0.943. The standard InChI is InChI=1S/C25H22B.Li/c1-5-13-22(14-6-1)21-26(23-15-7-2-8-16-23,24-17-9-3-10-18-24)25-19-11-4-12-20-25;/h1-20H,21H2;/q-1;+1. The molecule has 0 spiro atoms. The molecule has 0 amide bonds. The van der Waals surface area contributed by atoms with Crippen molar-refractivity contribution in [2.24, 2.45) is 0 Å². The van der Waals surface area contributed by atoms with Crippen molar-refractivity contribution in [3.05, 3.63) is 127 Å². The van der Waals surface area contributed by atoms with Crippen molar-refractivity contribution in [1.29, 1.82) is 0 Å². The fourth-order valence-corrected chi connectivity index (χ4v) is 4.24. The second-order valence-corrected chi connectivity index (χ2v) is 6.97. The Morgan fingerprint density at radius 2 is 0.704 bits per heavy atom. The van der Waals surface area contributed by atoms with Gasteiger partial charge in [0.2, 0.25) is 0 Å². The van der Waals surface area contributed by atoms with E-state index in [0.29, 0.717) is 0 Å². The summed E-state index contributed by atoms with van der Waals surface area (Å²) in [6.45, 7) is 0. The van der Waals surface area contributed by atoms with Gasteiger partial charge in [0.25, 0.3) is 0 Å². The molecule has 0 saturated heterocycles. The molecule has 0 saturated carbocycles. The van der Waals surface area contributed by atoms with Crippen molar-refractivity contribution in [3.8, 4) is 0 Å². The summed E-state index contributed by atoms with van der Waals surface area (Å²) in [6, 6.07) is 43.8. The first-order valence-electron chi connectivity index (χ1n) is 9.27. The molecule has 0 aliphatic rings. The van der Waals surface area contributed by atoms with Gasteiger partial charge in [-0.05, 0) is 0 Å². The van der Waals surface area contributed by atoms with Crippen LogP contribution in [0.3, 0.4) is 0 Å². The van der Waals surface area contributed by atoms with Crippen LogP contribution in [0.1, 0.15) is 5.56 Å². The summed E-state index contributed by atoms with van der Waals surface area (Å²) in [5.41, 5.74) is 5.51. The second-order valence-electron chi connectivity index (χ2n) is 6.97. The predicted molar refractivity (Wildman–Crippen MR) is 114 cm³/mol. The van der Waals surface area contributed by atoms with Crippen LogP contribution in [-0.4, -0.2) is 6.15 Å². The van der Waals surface area contributed by atoms with E-state index < -0.39 is 6.15 Å². The van der Waals surface area contributed by atoms with Gasteiger partial charge in [0.1, 0.15) is 0 Å². The second kappa shape index (κ2) is 8.96. The Morgan fingerprint density at radius 3 is 1.04 bits per heavy atom. The van der Waals surface area contributed by atoms with E-state index in [0.717, 1.165) is 6.32 Å². The van der Waals surface area contributed by atoms with Crippen LogP contribution in [0.25, 0.3) is 0 Å². The number of rotatable bonds is 5. The molecule has 0 nitrogen and oxygen atoms in total. The first-order chi connectivity index (χ1) is 12.9. The minimum absolute atomic E-state index is 0. The Morgan fingerprint density at radius 1 is 0.407 bits per heavy atom. The van der Waals surface area contributed by atoms with E-state index in [1.807, 2.05) is 0 Å². The summed E-state index contributed by atoms with van der Waals surface area (Å²) in [4.78, 5) is 0. The summed E-state index contributed by atoms with van der Waals surface area (Å²) in [6.07, 6.45) is -0.109. The molecule has 0 heterocycles. The van der Waals surface area contributed by atoms with Crippen molar-refractivity contribution >= 4 is 22.5 Å². The Balaban J connectivity index is 0.00000210. The molecule has 0 unspecified atom stereocenters. The van der Waals surface area contributed by atoms with E-state index >= 15 is 0 Å². The summed E-state index contributed by atoms with van der Waals surface area (Å²) in [7, 11) is 0. The molecule has 2 heteroatoms. The van der Waals surface area contributed by atoms with Crippen LogP contribution in [0.2, 0.25) is 0 Å². The van der Waals surface area contributed by atoms with Crippen LogP contribution in [0.15, 0.2) is 121 Å². The summed E-state index contributed by atoms with van der Waals surface area (Å²) in [5.74, 6) is 0. The summed E-state index contributed by atoms with van der Waals surface area (Å²) >= 11 is 0. The Hall–Kier alpha value is -2.46. The average Bonchev–Trinajstić information content (AvgIpc) is 2.75. The van der Waals surface area contributed by atoms with E-state index in [1.165, 1.54) is 22.0 Å². The van der Waals surface area contributed by atoms with Gasteiger partial charge in [-0.25, -0.2) is 0 Å². The van der Waals surface area contributed by atoms with Gasteiger partial charge in [-0.3, -0.25) is 0 Å². The zero-order chi connectivity index (χ0) is 17.7. The molecule has 27 heavy (non-hydrogen) atoms. The van der Waals surface area contributed by atoms with Crippen LogP contribution in [0, 0.1) is 0 Å². The molecule has 0 atom stereocenters. The van der Waals surface area contributed by atoms with Gasteiger partial charge in [0.05, 0.1) is 6.15 Å². The molecular weight excluding hydrogens is 318 g/mol. The minimum atomic E-state index is -1.09. The number of benzene rings is 4. The van der Waals surface area contributed by atoms with Crippen LogP contribution in [-0.2, 0) is 6.32 Å². The molecule has 0 aromatic heterocycles. The summed E-state index contributed by atoms with van der Waals surface area (Å²) in [5, 5.41) is 0. The van der Waals surface area contributed by atoms with Crippen molar-refractivity contribution < 1.29 is 18.9 Å². The quantitative estimate of drug-likeness (QED) is 0.475. The Bertz CT molecular complexity index is 842. The van der Waals surface area contributed by atoms with Gasteiger partial charge in [-0.2, -0.15) is 16.4 Å². The van der Waals surface area contributed by atoms with Gasteiger partial charge >= 0.3 is 18.9 Å². The Labute approximate surface area is 174 Å². The van der Waals surface area contributed by atoms with E-state index in [9.17, 15) is 0 Å². The zero-order valence-corrected chi connectivity index (χ0v) is 15.8. The monoisotopic (exact) mass is 340 g/mol. The molecule has 0 radical (unpaired) electrons. The largest absolute Gasteiger partial charge is 1.00 e. The molecule has 4 rings (SSSR count). The topological polar surface area (TPSA) is 0 Å². The van der Waals surface area contributed by atoms with Crippen molar-refractivity contribution in [3.63, 3.8) is 0 Å². The van der Waals surface area contributed by atoms with E-state index in [-0.39, 0.29) is 18.9 Å². The molecule has 4 aromatic carbocycles. The van der Waals surface area contributed by atoms with Crippen molar-refractivity contribution in [2.75, 3.05) is 0 Å². The van der Waals surface area contributed by atoms with Gasteiger partial charge in [-0.1, -0.05) is 127 Å². The normalized spacial score (nSPS) is 10.8. The molecule has 0 aliphatic carbocycles. The molecule has 0 aliphatic heterocycles. The zero-order valence-electron chi connectivity index (χ0n) is 15.8. The molecule has 4 aromatic rings. The number of hydrogen-bond acceptors (Lipinski definition) is 0. The average molecular weight is 340 g/mol. The molecule has 0 N–H and O–H groups in total. The molecule has 0 fully saturated rings. The van der Waals surface area contributed by atoms with Crippen LogP contribution in [0.4, 0.5) is 0 Å². The third kappa shape index (κ3) is 3.96. The molecule has 0 bridgehead atoms. The van der Waals surface area contributed by atoms with Gasteiger partial charge in [0, 0.05) is 0 Å². The van der Waals surface area contributed by atoms with Crippen molar-refractivity contribution in [2.45, 2.75) is 6.32 Å². The first kappa shape index (κ1) is 19.3. The summed E-state index contributed by atoms with van der Waals surface area (Å²) < 4.78 is 0.